The van der Waals surface area contributed by atoms with Gasteiger partial charge in [0.1, 0.15) is 0 Å². The lowest BCUT2D eigenvalue weighted by Gasteiger charge is -2.30. The summed E-state index contributed by atoms with van der Waals surface area (Å²) in [5.74, 6) is 0.776. The van der Waals surface area contributed by atoms with Gasteiger partial charge in [-0.2, -0.15) is 0 Å². The maximum absolute atomic E-state index is 10.5. The van der Waals surface area contributed by atoms with Crippen LogP contribution in [0.4, 0.5) is 0 Å². The topological polar surface area (TPSA) is 65.9 Å². The van der Waals surface area contributed by atoms with Crippen LogP contribution in [0.15, 0.2) is 35.3 Å². The lowest BCUT2D eigenvalue weighted by atomic mass is 9.95. The number of benzene rings is 1. The van der Waals surface area contributed by atoms with Crippen LogP contribution in [0.1, 0.15) is 38.7 Å². The average molecular weight is 333 g/mol. The minimum Gasteiger partial charge on any atom is -0.388 e. The van der Waals surface area contributed by atoms with Gasteiger partial charge in [-0.3, -0.25) is 4.99 Å². The van der Waals surface area contributed by atoms with E-state index in [1.54, 1.807) is 0 Å². The Morgan fingerprint density at radius 3 is 2.67 bits per heavy atom. The maximum Gasteiger partial charge on any atom is 0.191 e. The highest BCUT2D eigenvalue weighted by Crippen LogP contribution is 2.20. The molecule has 134 valence electrons. The van der Waals surface area contributed by atoms with E-state index in [9.17, 15) is 5.11 Å². The predicted molar refractivity (Wildman–Crippen MR) is 98.3 cm³/mol. The zero-order valence-corrected chi connectivity index (χ0v) is 14.9. The van der Waals surface area contributed by atoms with E-state index in [4.69, 9.17) is 4.74 Å². The number of hydrogen-bond acceptors (Lipinski definition) is 3. The van der Waals surface area contributed by atoms with Crippen molar-refractivity contribution in [3.63, 3.8) is 0 Å². The number of aliphatic imine (C=N–C) groups is 1. The van der Waals surface area contributed by atoms with Gasteiger partial charge in [-0.15, -0.1) is 0 Å². The highest BCUT2D eigenvalue weighted by molar-refractivity contribution is 5.80. The van der Waals surface area contributed by atoms with Gasteiger partial charge in [0.2, 0.25) is 0 Å². The molecule has 1 unspecified atom stereocenters. The first kappa shape index (κ1) is 18.7. The first-order valence-corrected chi connectivity index (χ1v) is 9.00. The van der Waals surface area contributed by atoms with Crippen molar-refractivity contribution in [3.05, 3.63) is 35.9 Å². The van der Waals surface area contributed by atoms with Gasteiger partial charge in [-0.1, -0.05) is 30.3 Å². The summed E-state index contributed by atoms with van der Waals surface area (Å²) >= 11 is 0. The van der Waals surface area contributed by atoms with E-state index in [-0.39, 0.29) is 0 Å². The fourth-order valence-corrected chi connectivity index (χ4v) is 2.79. The van der Waals surface area contributed by atoms with Crippen molar-refractivity contribution in [2.75, 3.05) is 26.3 Å². The molecule has 0 saturated carbocycles. The minimum atomic E-state index is -0.728. The summed E-state index contributed by atoms with van der Waals surface area (Å²) in [4.78, 5) is 4.59. The normalized spacial score (nSPS) is 18.9. The molecule has 0 aromatic heterocycles. The van der Waals surface area contributed by atoms with Gasteiger partial charge in [0.15, 0.2) is 5.96 Å². The molecule has 0 radical (unpaired) electrons. The zero-order chi connectivity index (χ0) is 17.3. The summed E-state index contributed by atoms with van der Waals surface area (Å²) in [7, 11) is 0. The summed E-state index contributed by atoms with van der Waals surface area (Å²) in [6.45, 7) is 6.66. The third-order valence-electron chi connectivity index (χ3n) is 4.39. The Morgan fingerprint density at radius 1 is 1.29 bits per heavy atom. The zero-order valence-electron chi connectivity index (χ0n) is 14.9. The highest BCUT2D eigenvalue weighted by Gasteiger charge is 2.29. The molecule has 0 bridgehead atoms. The molecule has 1 heterocycles. The third kappa shape index (κ3) is 6.49. The van der Waals surface area contributed by atoms with Crippen LogP contribution in [0.2, 0.25) is 0 Å². The fraction of sp³-hybridized carbons (Fsp3) is 0.632. The molecule has 1 aromatic carbocycles. The van der Waals surface area contributed by atoms with Gasteiger partial charge in [-0.05, 0) is 32.3 Å². The summed E-state index contributed by atoms with van der Waals surface area (Å²) in [6.07, 6.45) is 3.38. The third-order valence-corrected chi connectivity index (χ3v) is 4.39. The fourth-order valence-electron chi connectivity index (χ4n) is 2.79. The van der Waals surface area contributed by atoms with Gasteiger partial charge in [0.25, 0.3) is 0 Å². The second kappa shape index (κ2) is 9.64. The Balaban J connectivity index is 1.83. The number of nitrogens with zero attached hydrogens (tertiary/aromatic N) is 1. The smallest absolute Gasteiger partial charge is 0.191 e. The van der Waals surface area contributed by atoms with Gasteiger partial charge in [0, 0.05) is 38.6 Å². The van der Waals surface area contributed by atoms with Crippen LogP contribution in [0.5, 0.6) is 0 Å². The Hall–Kier alpha value is -1.59. The molecule has 1 aromatic rings. The molecule has 0 amide bonds. The van der Waals surface area contributed by atoms with E-state index in [1.807, 2.05) is 6.07 Å². The van der Waals surface area contributed by atoms with Crippen molar-refractivity contribution in [2.45, 2.75) is 51.2 Å². The second-order valence-electron chi connectivity index (χ2n) is 6.60. The van der Waals surface area contributed by atoms with Crippen LogP contribution in [0.3, 0.4) is 0 Å². The molecule has 5 nitrogen and oxygen atoms in total. The van der Waals surface area contributed by atoms with Crippen molar-refractivity contribution < 1.29 is 9.84 Å². The summed E-state index contributed by atoms with van der Waals surface area (Å²) < 4.78 is 5.32. The number of hydrogen-bond donors (Lipinski definition) is 3. The van der Waals surface area contributed by atoms with Gasteiger partial charge in [-0.25, -0.2) is 0 Å². The quantitative estimate of drug-likeness (QED) is 0.528. The van der Waals surface area contributed by atoms with Crippen LogP contribution >= 0.6 is 0 Å². The largest absolute Gasteiger partial charge is 0.388 e. The molecule has 0 spiro atoms. The second-order valence-corrected chi connectivity index (χ2v) is 6.60. The van der Waals surface area contributed by atoms with Crippen LogP contribution in [0, 0.1) is 0 Å². The molecular weight excluding hydrogens is 302 g/mol. The molecule has 0 aliphatic carbocycles. The van der Waals surface area contributed by atoms with E-state index in [1.165, 1.54) is 5.56 Å². The van der Waals surface area contributed by atoms with Gasteiger partial charge >= 0.3 is 0 Å². The molecule has 1 atom stereocenters. The maximum atomic E-state index is 10.5. The molecule has 1 aliphatic rings. The monoisotopic (exact) mass is 333 g/mol. The minimum absolute atomic E-state index is 0.312. The number of aliphatic hydroxyl groups is 1. The highest BCUT2D eigenvalue weighted by atomic mass is 16.5. The van der Waals surface area contributed by atoms with E-state index in [0.29, 0.717) is 38.6 Å². The molecule has 1 saturated heterocycles. The molecule has 1 aliphatic heterocycles. The Morgan fingerprint density at radius 2 is 2.00 bits per heavy atom. The Kier molecular flexibility index (Phi) is 7.53. The standard InChI is InChI=1S/C19H31N3O2/c1-3-20-18(21-15-19(23)11-13-24-14-12-19)22-16(2)9-10-17-7-5-4-6-8-17/h4-8,16,23H,3,9-15H2,1-2H3,(H2,20,21,22). The lowest BCUT2D eigenvalue weighted by Crippen LogP contribution is -2.45. The average Bonchev–Trinajstić information content (AvgIpc) is 2.60. The summed E-state index contributed by atoms with van der Waals surface area (Å²) in [5, 5.41) is 17.2. The van der Waals surface area contributed by atoms with E-state index < -0.39 is 5.60 Å². The summed E-state index contributed by atoms with van der Waals surface area (Å²) in [5.41, 5.74) is 0.623. The lowest BCUT2D eigenvalue weighted by molar-refractivity contribution is -0.0566. The van der Waals surface area contributed by atoms with Gasteiger partial charge < -0.3 is 20.5 Å². The van der Waals surface area contributed by atoms with Crippen molar-refractivity contribution in [1.82, 2.24) is 10.6 Å². The Bertz CT molecular complexity index is 499. The van der Waals surface area contributed by atoms with Crippen molar-refractivity contribution in [1.29, 1.82) is 0 Å². The van der Waals surface area contributed by atoms with Gasteiger partial charge in [0.05, 0.1) is 12.1 Å². The SMILES string of the molecule is CCNC(=NCC1(O)CCOCC1)NC(C)CCc1ccccc1. The molecule has 1 fully saturated rings. The van der Waals surface area contributed by atoms with Crippen LogP contribution < -0.4 is 10.6 Å². The number of nitrogens with one attached hydrogen (secondary N) is 2. The van der Waals surface area contributed by atoms with Crippen LogP contribution in [-0.2, 0) is 11.2 Å². The van der Waals surface area contributed by atoms with Crippen molar-refractivity contribution in [3.8, 4) is 0 Å². The Labute approximate surface area is 145 Å². The number of ether oxygens (including phenoxy) is 1. The molecule has 5 heteroatoms. The first-order chi connectivity index (χ1) is 11.6. The number of guanidine groups is 1. The summed E-state index contributed by atoms with van der Waals surface area (Å²) in [6, 6.07) is 10.8. The molecule has 24 heavy (non-hydrogen) atoms. The number of rotatable bonds is 7. The first-order valence-electron chi connectivity index (χ1n) is 9.00. The molecule has 3 N–H and O–H groups in total. The van der Waals surface area contributed by atoms with E-state index in [2.05, 4.69) is 53.7 Å². The van der Waals surface area contributed by atoms with Crippen molar-refractivity contribution >= 4 is 5.96 Å². The van der Waals surface area contributed by atoms with E-state index >= 15 is 0 Å². The number of aryl methyl sites for hydroxylation is 1. The van der Waals surface area contributed by atoms with Crippen LogP contribution in [-0.4, -0.2) is 49.0 Å². The predicted octanol–water partition coefficient (Wildman–Crippen LogP) is 2.10. The van der Waals surface area contributed by atoms with E-state index in [0.717, 1.165) is 25.3 Å². The van der Waals surface area contributed by atoms with Crippen LogP contribution in [0.25, 0.3) is 0 Å². The van der Waals surface area contributed by atoms with Crippen molar-refractivity contribution in [2.24, 2.45) is 4.99 Å². The molecular formula is C19H31N3O2. The molecule has 2 rings (SSSR count).